The molecule has 4 nitrogen and oxygen atoms in total. The zero-order valence-electron chi connectivity index (χ0n) is 10.3. The van der Waals surface area contributed by atoms with Crippen LogP contribution in [-0.4, -0.2) is 5.16 Å². The fourth-order valence-corrected chi connectivity index (χ4v) is 1.55. The number of nitrogens with two attached hydrogens (primary N) is 1. The minimum absolute atomic E-state index is 0.148. The number of halogens is 1. The normalized spacial score (nSPS) is 12.4. The summed E-state index contributed by atoms with van der Waals surface area (Å²) in [6.07, 6.45) is 0. The zero-order chi connectivity index (χ0) is 13.1. The van der Waals surface area contributed by atoms with E-state index in [1.54, 1.807) is 25.1 Å². The summed E-state index contributed by atoms with van der Waals surface area (Å²) in [6, 6.07) is 6.23. The summed E-state index contributed by atoms with van der Waals surface area (Å²) in [7, 11) is 0. The lowest BCUT2D eigenvalue weighted by atomic mass is 10.1. The first kappa shape index (κ1) is 12.6. The highest BCUT2D eigenvalue weighted by atomic mass is 19.1. The summed E-state index contributed by atoms with van der Waals surface area (Å²) < 4.78 is 24.0. The molecule has 1 heterocycles. The van der Waals surface area contributed by atoms with Gasteiger partial charge in [0.2, 0.25) is 0 Å². The first-order valence-corrected chi connectivity index (χ1v) is 5.66. The fraction of sp³-hybridized carbons (Fsp3) is 0.308. The van der Waals surface area contributed by atoms with Gasteiger partial charge in [-0.1, -0.05) is 11.2 Å². The van der Waals surface area contributed by atoms with Gasteiger partial charge in [-0.2, -0.15) is 0 Å². The van der Waals surface area contributed by atoms with Gasteiger partial charge in [-0.05, 0) is 31.5 Å². The fourth-order valence-electron chi connectivity index (χ4n) is 1.55. The molecule has 0 aliphatic heterocycles. The van der Waals surface area contributed by atoms with Gasteiger partial charge in [-0.3, -0.25) is 0 Å². The van der Waals surface area contributed by atoms with E-state index in [1.165, 1.54) is 6.07 Å². The lowest BCUT2D eigenvalue weighted by Gasteiger charge is -2.09. The van der Waals surface area contributed by atoms with Crippen LogP contribution in [-0.2, 0) is 6.61 Å². The second-order valence-electron chi connectivity index (χ2n) is 4.20. The molecule has 2 rings (SSSR count). The molecule has 1 aromatic carbocycles. The predicted molar refractivity (Wildman–Crippen MR) is 64.6 cm³/mol. The van der Waals surface area contributed by atoms with Crippen molar-refractivity contribution in [3.05, 3.63) is 47.1 Å². The molecule has 0 bridgehead atoms. The summed E-state index contributed by atoms with van der Waals surface area (Å²) in [5.41, 5.74) is 7.17. The average molecular weight is 250 g/mol. The minimum Gasteiger partial charge on any atom is -0.482 e. The molecule has 0 unspecified atom stereocenters. The molecule has 96 valence electrons. The summed E-state index contributed by atoms with van der Waals surface area (Å²) in [5, 5.41) is 3.72. The van der Waals surface area contributed by atoms with Crippen LogP contribution in [0.3, 0.4) is 0 Å². The van der Waals surface area contributed by atoms with E-state index < -0.39 is 5.82 Å². The Balaban J connectivity index is 2.05. The maximum atomic E-state index is 13.7. The maximum absolute atomic E-state index is 13.7. The Morgan fingerprint density at radius 2 is 2.22 bits per heavy atom. The Labute approximate surface area is 105 Å². The first-order valence-electron chi connectivity index (χ1n) is 5.66. The van der Waals surface area contributed by atoms with Crippen molar-refractivity contribution in [3.63, 3.8) is 0 Å². The molecule has 18 heavy (non-hydrogen) atoms. The monoisotopic (exact) mass is 250 g/mol. The number of benzene rings is 1. The van der Waals surface area contributed by atoms with Gasteiger partial charge in [-0.25, -0.2) is 4.39 Å². The predicted octanol–water partition coefficient (Wildman–Crippen LogP) is 2.72. The lowest BCUT2D eigenvalue weighted by molar-refractivity contribution is 0.240. The third-order valence-electron chi connectivity index (χ3n) is 2.53. The molecule has 0 aliphatic rings. The second kappa shape index (κ2) is 5.18. The van der Waals surface area contributed by atoms with Crippen molar-refractivity contribution < 1.29 is 13.7 Å². The van der Waals surface area contributed by atoms with Crippen molar-refractivity contribution in [2.75, 3.05) is 0 Å². The molecule has 0 radical (unpaired) electrons. The van der Waals surface area contributed by atoms with Gasteiger partial charge in [-0.15, -0.1) is 0 Å². The first-order chi connectivity index (χ1) is 8.56. The molecule has 0 spiro atoms. The number of nitrogens with zero attached hydrogens (tertiary/aromatic N) is 1. The van der Waals surface area contributed by atoms with Crippen LogP contribution in [0.5, 0.6) is 5.75 Å². The Hall–Kier alpha value is -1.88. The smallest absolute Gasteiger partial charge is 0.174 e. The maximum Gasteiger partial charge on any atom is 0.174 e. The Kier molecular flexibility index (Phi) is 3.62. The van der Waals surface area contributed by atoms with Crippen LogP contribution < -0.4 is 10.5 Å². The SMILES string of the molecule is Cc1cc(COc2ccc([C@H](C)N)cc2F)on1. The number of hydrogen-bond acceptors (Lipinski definition) is 4. The van der Waals surface area contributed by atoms with Gasteiger partial charge >= 0.3 is 0 Å². The number of aryl methyl sites for hydroxylation is 1. The van der Waals surface area contributed by atoms with Crippen LogP contribution in [0.25, 0.3) is 0 Å². The molecule has 1 atom stereocenters. The van der Waals surface area contributed by atoms with E-state index in [4.69, 9.17) is 15.0 Å². The Morgan fingerprint density at radius 3 is 2.78 bits per heavy atom. The van der Waals surface area contributed by atoms with E-state index in [2.05, 4.69) is 5.16 Å². The minimum atomic E-state index is -0.430. The largest absolute Gasteiger partial charge is 0.482 e. The van der Waals surface area contributed by atoms with E-state index in [-0.39, 0.29) is 18.4 Å². The summed E-state index contributed by atoms with van der Waals surface area (Å²) in [6.45, 7) is 3.76. The standard InChI is InChI=1S/C13H15FN2O2/c1-8-5-11(18-16-8)7-17-13-4-3-10(9(2)15)6-12(13)14/h3-6,9H,7,15H2,1-2H3/t9-/m0/s1. The topological polar surface area (TPSA) is 61.3 Å². The lowest BCUT2D eigenvalue weighted by Crippen LogP contribution is -2.05. The van der Waals surface area contributed by atoms with Crippen LogP contribution >= 0.6 is 0 Å². The second-order valence-corrected chi connectivity index (χ2v) is 4.20. The van der Waals surface area contributed by atoms with Crippen LogP contribution in [0.4, 0.5) is 4.39 Å². The number of hydrogen-bond donors (Lipinski definition) is 1. The van der Waals surface area contributed by atoms with E-state index >= 15 is 0 Å². The van der Waals surface area contributed by atoms with Gasteiger partial charge in [0.25, 0.3) is 0 Å². The molecule has 2 N–H and O–H groups in total. The van der Waals surface area contributed by atoms with Crippen LogP contribution in [0, 0.1) is 12.7 Å². The summed E-state index contributed by atoms with van der Waals surface area (Å²) in [4.78, 5) is 0. The summed E-state index contributed by atoms with van der Waals surface area (Å²) >= 11 is 0. The highest BCUT2D eigenvalue weighted by molar-refractivity contribution is 5.30. The van der Waals surface area contributed by atoms with E-state index in [9.17, 15) is 4.39 Å². The van der Waals surface area contributed by atoms with Crippen molar-refractivity contribution in [1.29, 1.82) is 0 Å². The summed E-state index contributed by atoms with van der Waals surface area (Å²) in [5.74, 6) is 0.303. The highest BCUT2D eigenvalue weighted by Crippen LogP contribution is 2.22. The third kappa shape index (κ3) is 2.87. The van der Waals surface area contributed by atoms with Crippen molar-refractivity contribution in [3.8, 4) is 5.75 Å². The molecule has 0 fully saturated rings. The van der Waals surface area contributed by atoms with Gasteiger partial charge in [0.05, 0.1) is 5.69 Å². The Bertz CT molecular complexity index is 538. The van der Waals surface area contributed by atoms with Gasteiger partial charge in [0, 0.05) is 12.1 Å². The van der Waals surface area contributed by atoms with Crippen molar-refractivity contribution in [2.45, 2.75) is 26.5 Å². The number of ether oxygens (including phenoxy) is 1. The van der Waals surface area contributed by atoms with Crippen LogP contribution in [0.15, 0.2) is 28.8 Å². The molecule has 5 heteroatoms. The van der Waals surface area contributed by atoms with Crippen molar-refractivity contribution in [2.24, 2.45) is 5.73 Å². The zero-order valence-corrected chi connectivity index (χ0v) is 10.3. The van der Waals surface area contributed by atoms with Crippen LogP contribution in [0.1, 0.15) is 30.0 Å². The van der Waals surface area contributed by atoms with Gasteiger partial charge in [0.15, 0.2) is 17.3 Å². The van der Waals surface area contributed by atoms with Crippen molar-refractivity contribution >= 4 is 0 Å². The average Bonchev–Trinajstić information content (AvgIpc) is 2.73. The molecule has 0 aliphatic carbocycles. The molecule has 0 saturated heterocycles. The highest BCUT2D eigenvalue weighted by Gasteiger charge is 2.08. The third-order valence-corrected chi connectivity index (χ3v) is 2.53. The molecular weight excluding hydrogens is 235 g/mol. The molecule has 1 aromatic heterocycles. The van der Waals surface area contributed by atoms with E-state index in [1.807, 2.05) is 6.92 Å². The van der Waals surface area contributed by atoms with Gasteiger partial charge in [0.1, 0.15) is 6.61 Å². The number of aromatic nitrogens is 1. The van der Waals surface area contributed by atoms with E-state index in [0.717, 1.165) is 11.3 Å². The van der Waals surface area contributed by atoms with Gasteiger partial charge < -0.3 is 15.0 Å². The Morgan fingerprint density at radius 1 is 1.44 bits per heavy atom. The van der Waals surface area contributed by atoms with E-state index in [0.29, 0.717) is 5.76 Å². The van der Waals surface area contributed by atoms with Crippen molar-refractivity contribution in [1.82, 2.24) is 5.16 Å². The molecular formula is C13H15FN2O2. The molecule has 0 saturated carbocycles. The molecule has 0 amide bonds. The molecule has 2 aromatic rings. The van der Waals surface area contributed by atoms with Crippen LogP contribution in [0.2, 0.25) is 0 Å². The quantitative estimate of drug-likeness (QED) is 0.906. The number of rotatable bonds is 4.